The first-order valence-electron chi connectivity index (χ1n) is 10.9. The van der Waals surface area contributed by atoms with Crippen molar-refractivity contribution in [3.8, 4) is 5.75 Å². The van der Waals surface area contributed by atoms with Gasteiger partial charge < -0.3 is 9.47 Å². The zero-order valence-electron chi connectivity index (χ0n) is 18.5. The number of hydrogen-bond acceptors (Lipinski definition) is 6. The molecular weight excluding hydrogens is 446 g/mol. The largest absolute Gasteiger partial charge is 0.484 e. The molecule has 0 atom stereocenters. The standard InChI is InChI=1S/C24H28ClN3O3S/c1-17-4-7-19(8-5-17)31-16-21(29)28(11-3-10-27-12-14-30-15-13-27)24-26-22-18(2)6-9-20(25)23(22)32-24/h4-9H,3,10-16H2,1-2H3. The minimum Gasteiger partial charge on any atom is -0.484 e. The summed E-state index contributed by atoms with van der Waals surface area (Å²) in [6, 6.07) is 11.5. The molecule has 1 aromatic heterocycles. The molecule has 3 aromatic rings. The maximum Gasteiger partial charge on any atom is 0.266 e. The molecule has 170 valence electrons. The number of nitrogens with zero attached hydrogens (tertiary/aromatic N) is 3. The van der Waals surface area contributed by atoms with Crippen molar-refractivity contribution in [1.29, 1.82) is 0 Å². The first-order chi connectivity index (χ1) is 15.5. The lowest BCUT2D eigenvalue weighted by atomic mass is 10.2. The molecule has 6 nitrogen and oxygen atoms in total. The van der Waals surface area contributed by atoms with Gasteiger partial charge in [-0.3, -0.25) is 14.6 Å². The SMILES string of the molecule is Cc1ccc(OCC(=O)N(CCCN2CCOCC2)c2nc3c(C)ccc(Cl)c3s2)cc1. The maximum absolute atomic E-state index is 13.2. The third kappa shape index (κ3) is 5.59. The van der Waals surface area contributed by atoms with Gasteiger partial charge in [0.1, 0.15) is 5.75 Å². The van der Waals surface area contributed by atoms with E-state index in [4.69, 9.17) is 26.1 Å². The van der Waals surface area contributed by atoms with Crippen molar-refractivity contribution in [2.24, 2.45) is 0 Å². The molecule has 1 aliphatic heterocycles. The zero-order chi connectivity index (χ0) is 22.5. The number of ether oxygens (including phenoxy) is 2. The van der Waals surface area contributed by atoms with E-state index in [1.54, 1.807) is 4.90 Å². The van der Waals surface area contributed by atoms with E-state index in [0.29, 0.717) is 22.4 Å². The number of morpholine rings is 1. The van der Waals surface area contributed by atoms with Crippen molar-refractivity contribution in [2.75, 3.05) is 50.9 Å². The molecule has 0 radical (unpaired) electrons. The average Bonchev–Trinajstić information content (AvgIpc) is 3.26. The Morgan fingerprint density at radius 3 is 2.66 bits per heavy atom. The summed E-state index contributed by atoms with van der Waals surface area (Å²) < 4.78 is 12.1. The third-order valence-corrected chi connectivity index (χ3v) is 7.10. The lowest BCUT2D eigenvalue weighted by molar-refractivity contribution is -0.120. The van der Waals surface area contributed by atoms with E-state index in [1.165, 1.54) is 11.3 Å². The molecule has 1 aliphatic rings. The molecule has 8 heteroatoms. The topological polar surface area (TPSA) is 54.9 Å². The van der Waals surface area contributed by atoms with Crippen LogP contribution in [0.15, 0.2) is 36.4 Å². The fraction of sp³-hybridized carbons (Fsp3) is 0.417. The smallest absolute Gasteiger partial charge is 0.266 e. The van der Waals surface area contributed by atoms with E-state index in [0.717, 1.165) is 60.6 Å². The number of hydrogen-bond donors (Lipinski definition) is 0. The highest BCUT2D eigenvalue weighted by molar-refractivity contribution is 7.23. The van der Waals surface area contributed by atoms with Crippen LogP contribution in [0.5, 0.6) is 5.75 Å². The van der Waals surface area contributed by atoms with Gasteiger partial charge >= 0.3 is 0 Å². The molecule has 2 heterocycles. The van der Waals surface area contributed by atoms with E-state index in [-0.39, 0.29) is 12.5 Å². The summed E-state index contributed by atoms with van der Waals surface area (Å²) in [6.07, 6.45) is 0.846. The van der Waals surface area contributed by atoms with Gasteiger partial charge in [0, 0.05) is 26.2 Å². The number of aromatic nitrogens is 1. The van der Waals surface area contributed by atoms with Crippen LogP contribution >= 0.6 is 22.9 Å². The number of fused-ring (bicyclic) bond motifs is 1. The lowest BCUT2D eigenvalue weighted by Crippen LogP contribution is -2.40. The van der Waals surface area contributed by atoms with Gasteiger partial charge in [-0.1, -0.05) is 46.7 Å². The van der Waals surface area contributed by atoms with Crippen LogP contribution in [0.4, 0.5) is 5.13 Å². The second-order valence-corrected chi connectivity index (χ2v) is 9.38. The Morgan fingerprint density at radius 2 is 1.94 bits per heavy atom. The lowest BCUT2D eigenvalue weighted by Gasteiger charge is -2.27. The van der Waals surface area contributed by atoms with Crippen LogP contribution in [-0.2, 0) is 9.53 Å². The highest BCUT2D eigenvalue weighted by atomic mass is 35.5. The Balaban J connectivity index is 1.50. The number of thiazole rings is 1. The Labute approximate surface area is 197 Å². The van der Waals surface area contributed by atoms with Crippen LogP contribution in [0.2, 0.25) is 5.02 Å². The summed E-state index contributed by atoms with van der Waals surface area (Å²) in [5, 5.41) is 1.32. The van der Waals surface area contributed by atoms with Gasteiger partial charge in [0.25, 0.3) is 5.91 Å². The quantitative estimate of drug-likeness (QED) is 0.474. The number of carbonyl (C=O) groups excluding carboxylic acids is 1. The van der Waals surface area contributed by atoms with Gasteiger partial charge in [-0.05, 0) is 44.0 Å². The highest BCUT2D eigenvalue weighted by Crippen LogP contribution is 2.35. The summed E-state index contributed by atoms with van der Waals surface area (Å²) in [7, 11) is 0. The first-order valence-corrected chi connectivity index (χ1v) is 12.1. The second kappa shape index (κ2) is 10.6. The molecule has 1 saturated heterocycles. The van der Waals surface area contributed by atoms with Crippen LogP contribution in [0, 0.1) is 13.8 Å². The molecule has 0 saturated carbocycles. The number of benzene rings is 2. The fourth-order valence-electron chi connectivity index (χ4n) is 3.67. The third-order valence-electron chi connectivity index (χ3n) is 5.56. The van der Waals surface area contributed by atoms with Gasteiger partial charge in [0.2, 0.25) is 0 Å². The van der Waals surface area contributed by atoms with Crippen LogP contribution in [0.3, 0.4) is 0 Å². The summed E-state index contributed by atoms with van der Waals surface area (Å²) in [6.45, 7) is 8.87. The maximum atomic E-state index is 13.2. The minimum atomic E-state index is -0.111. The first kappa shape index (κ1) is 23.0. The average molecular weight is 474 g/mol. The van der Waals surface area contributed by atoms with Crippen LogP contribution < -0.4 is 9.64 Å². The van der Waals surface area contributed by atoms with E-state index < -0.39 is 0 Å². The molecular formula is C24H28ClN3O3S. The zero-order valence-corrected chi connectivity index (χ0v) is 20.0. The molecule has 1 amide bonds. The van der Waals surface area contributed by atoms with Gasteiger partial charge in [-0.2, -0.15) is 0 Å². The molecule has 0 spiro atoms. The highest BCUT2D eigenvalue weighted by Gasteiger charge is 2.22. The van der Waals surface area contributed by atoms with Gasteiger partial charge in [-0.15, -0.1) is 0 Å². The molecule has 1 fully saturated rings. The second-order valence-electron chi connectivity index (χ2n) is 7.99. The summed E-state index contributed by atoms with van der Waals surface area (Å²) >= 11 is 7.87. The summed E-state index contributed by atoms with van der Waals surface area (Å²) in [4.78, 5) is 22.1. The number of amides is 1. The van der Waals surface area contributed by atoms with Gasteiger partial charge in [-0.25, -0.2) is 4.98 Å². The van der Waals surface area contributed by atoms with Gasteiger partial charge in [0.15, 0.2) is 11.7 Å². The van der Waals surface area contributed by atoms with E-state index >= 15 is 0 Å². The Hall–Kier alpha value is -2.19. The predicted molar refractivity (Wildman–Crippen MR) is 130 cm³/mol. The van der Waals surface area contributed by atoms with E-state index in [1.807, 2.05) is 50.2 Å². The van der Waals surface area contributed by atoms with Crippen LogP contribution in [0.1, 0.15) is 17.5 Å². The van der Waals surface area contributed by atoms with Crippen LogP contribution in [0.25, 0.3) is 10.2 Å². The Kier molecular flexibility index (Phi) is 7.63. The molecule has 0 aliphatic carbocycles. The van der Waals surface area contributed by atoms with Crippen molar-refractivity contribution in [1.82, 2.24) is 9.88 Å². The molecule has 32 heavy (non-hydrogen) atoms. The fourth-order valence-corrected chi connectivity index (χ4v) is 5.03. The molecule has 2 aromatic carbocycles. The Bertz CT molecular complexity index is 1030. The van der Waals surface area contributed by atoms with Gasteiger partial charge in [0.05, 0.1) is 28.5 Å². The van der Waals surface area contributed by atoms with Crippen molar-refractivity contribution < 1.29 is 14.3 Å². The number of halogens is 1. The number of carbonyl (C=O) groups is 1. The normalized spacial score (nSPS) is 14.6. The van der Waals surface area contributed by atoms with Crippen LogP contribution in [-0.4, -0.2) is 61.8 Å². The predicted octanol–water partition coefficient (Wildman–Crippen LogP) is 4.70. The summed E-state index contributed by atoms with van der Waals surface area (Å²) in [5.74, 6) is 0.570. The van der Waals surface area contributed by atoms with E-state index in [9.17, 15) is 4.79 Å². The molecule has 0 unspecified atom stereocenters. The van der Waals surface area contributed by atoms with Crippen molar-refractivity contribution >= 4 is 44.2 Å². The number of rotatable bonds is 8. The molecule has 4 rings (SSSR count). The van der Waals surface area contributed by atoms with Crippen molar-refractivity contribution in [3.05, 3.63) is 52.5 Å². The summed E-state index contributed by atoms with van der Waals surface area (Å²) in [5.41, 5.74) is 3.04. The van der Waals surface area contributed by atoms with Crippen molar-refractivity contribution in [2.45, 2.75) is 20.3 Å². The number of aryl methyl sites for hydroxylation is 2. The number of anilines is 1. The molecule has 0 N–H and O–H groups in total. The molecule has 0 bridgehead atoms. The monoisotopic (exact) mass is 473 g/mol. The Morgan fingerprint density at radius 1 is 1.19 bits per heavy atom. The van der Waals surface area contributed by atoms with E-state index in [2.05, 4.69) is 4.90 Å². The minimum absolute atomic E-state index is 0.0384. The van der Waals surface area contributed by atoms with Crippen molar-refractivity contribution in [3.63, 3.8) is 0 Å².